The molecule has 1 amide bonds. The molecule has 7 nitrogen and oxygen atoms in total. The van der Waals surface area contributed by atoms with E-state index < -0.39 is 23.7 Å². The summed E-state index contributed by atoms with van der Waals surface area (Å²) in [7, 11) is 1.72. The number of benzene rings is 1. The van der Waals surface area contributed by atoms with Crippen molar-refractivity contribution in [3.8, 4) is 22.9 Å². The van der Waals surface area contributed by atoms with Crippen LogP contribution in [-0.2, 0) is 13.2 Å². The van der Waals surface area contributed by atoms with Crippen molar-refractivity contribution in [3.63, 3.8) is 0 Å². The van der Waals surface area contributed by atoms with Crippen LogP contribution < -0.4 is 10.1 Å². The molecule has 0 radical (unpaired) electrons. The molecule has 0 saturated carbocycles. The number of pyridine rings is 1. The van der Waals surface area contributed by atoms with Crippen LogP contribution in [0.15, 0.2) is 48.8 Å². The summed E-state index contributed by atoms with van der Waals surface area (Å²) in [6.07, 6.45) is -1.47. The molecule has 0 fully saturated rings. The number of aryl methyl sites for hydroxylation is 1. The zero-order valence-corrected chi connectivity index (χ0v) is 16.1. The van der Waals surface area contributed by atoms with Crippen LogP contribution in [-0.4, -0.2) is 38.4 Å². The smallest absolute Gasteiger partial charge is 0.416 e. The van der Waals surface area contributed by atoms with Crippen LogP contribution in [0.3, 0.4) is 0 Å². The molecule has 30 heavy (non-hydrogen) atoms. The number of nitrogens with one attached hydrogen (secondary N) is 1. The number of carbonyl (C=O) groups is 1. The maximum absolute atomic E-state index is 12.8. The van der Waals surface area contributed by atoms with Gasteiger partial charge in [-0.15, -0.1) is 0 Å². The van der Waals surface area contributed by atoms with E-state index in [-0.39, 0.29) is 23.8 Å². The van der Waals surface area contributed by atoms with E-state index in [1.807, 2.05) is 0 Å². The summed E-state index contributed by atoms with van der Waals surface area (Å²) >= 11 is 0. The van der Waals surface area contributed by atoms with Crippen LogP contribution in [0.2, 0.25) is 0 Å². The maximum Gasteiger partial charge on any atom is 0.416 e. The molecule has 0 aliphatic rings. The molecule has 2 N–H and O–H groups in total. The first-order valence-corrected chi connectivity index (χ1v) is 8.94. The Morgan fingerprint density at radius 2 is 1.97 bits per heavy atom. The van der Waals surface area contributed by atoms with E-state index >= 15 is 0 Å². The Morgan fingerprint density at radius 1 is 1.27 bits per heavy atom. The van der Waals surface area contributed by atoms with Crippen molar-refractivity contribution in [2.24, 2.45) is 7.05 Å². The van der Waals surface area contributed by atoms with Crippen LogP contribution in [0, 0.1) is 0 Å². The van der Waals surface area contributed by atoms with Gasteiger partial charge >= 0.3 is 6.18 Å². The molecule has 2 aromatic heterocycles. The number of hydrogen-bond acceptors (Lipinski definition) is 5. The molecule has 2 heterocycles. The van der Waals surface area contributed by atoms with E-state index in [4.69, 9.17) is 9.84 Å². The first-order valence-electron chi connectivity index (χ1n) is 8.94. The molecule has 0 aliphatic heterocycles. The van der Waals surface area contributed by atoms with Crippen LogP contribution >= 0.6 is 0 Å². The number of aliphatic hydroxyl groups is 1. The minimum atomic E-state index is -4.45. The number of nitrogens with zero attached hydrogens (tertiary/aromatic N) is 3. The number of carbonyl (C=O) groups excluding carboxylic acids is 1. The Labute approximate surface area is 170 Å². The van der Waals surface area contributed by atoms with E-state index in [0.29, 0.717) is 11.3 Å². The van der Waals surface area contributed by atoms with Crippen LogP contribution in [0.25, 0.3) is 11.3 Å². The highest BCUT2D eigenvalue weighted by Gasteiger charge is 2.30. The predicted octanol–water partition coefficient (Wildman–Crippen LogP) is 3.40. The predicted molar refractivity (Wildman–Crippen MR) is 102 cm³/mol. The van der Waals surface area contributed by atoms with E-state index in [0.717, 1.165) is 12.1 Å². The fourth-order valence-electron chi connectivity index (χ4n) is 2.58. The van der Waals surface area contributed by atoms with Crippen molar-refractivity contribution in [1.82, 2.24) is 20.1 Å². The highest BCUT2D eigenvalue weighted by molar-refractivity contribution is 5.95. The van der Waals surface area contributed by atoms with Gasteiger partial charge in [-0.05, 0) is 43.3 Å². The summed E-state index contributed by atoms with van der Waals surface area (Å²) in [6.45, 7) is 1.43. The number of rotatable bonds is 6. The molecule has 3 rings (SSSR count). The average molecular weight is 420 g/mol. The van der Waals surface area contributed by atoms with Crippen molar-refractivity contribution < 1.29 is 27.8 Å². The number of ether oxygens (including phenoxy) is 1. The fraction of sp³-hybridized carbons (Fsp3) is 0.250. The Kier molecular flexibility index (Phi) is 6.06. The van der Waals surface area contributed by atoms with Gasteiger partial charge in [0.1, 0.15) is 5.75 Å². The third-order valence-corrected chi connectivity index (χ3v) is 4.15. The second kappa shape index (κ2) is 8.54. The highest BCUT2D eigenvalue weighted by Crippen LogP contribution is 2.34. The summed E-state index contributed by atoms with van der Waals surface area (Å²) < 4.78 is 45.5. The van der Waals surface area contributed by atoms with E-state index in [1.54, 1.807) is 30.9 Å². The van der Waals surface area contributed by atoms with Gasteiger partial charge in [-0.3, -0.25) is 9.48 Å². The Morgan fingerprint density at radius 3 is 2.53 bits per heavy atom. The van der Waals surface area contributed by atoms with Crippen LogP contribution in [0.4, 0.5) is 13.2 Å². The zero-order chi connectivity index (χ0) is 21.9. The largest absolute Gasteiger partial charge is 0.438 e. The van der Waals surface area contributed by atoms with Gasteiger partial charge in [0, 0.05) is 25.5 Å². The van der Waals surface area contributed by atoms with Gasteiger partial charge in [0.2, 0.25) is 5.88 Å². The van der Waals surface area contributed by atoms with E-state index in [9.17, 15) is 18.0 Å². The molecule has 1 unspecified atom stereocenters. The second-order valence-corrected chi connectivity index (χ2v) is 6.63. The number of halogens is 3. The van der Waals surface area contributed by atoms with Gasteiger partial charge in [-0.25, -0.2) is 4.98 Å². The Bertz CT molecular complexity index is 1030. The lowest BCUT2D eigenvalue weighted by Crippen LogP contribution is -2.35. The topological polar surface area (TPSA) is 89.3 Å². The normalized spacial score (nSPS) is 12.5. The lowest BCUT2D eigenvalue weighted by Gasteiger charge is -2.13. The van der Waals surface area contributed by atoms with Crippen molar-refractivity contribution in [1.29, 1.82) is 0 Å². The number of aliphatic hydroxyl groups excluding tert-OH is 1. The third kappa shape index (κ3) is 4.95. The molecular weight excluding hydrogens is 401 g/mol. The summed E-state index contributed by atoms with van der Waals surface area (Å²) in [6, 6.07) is 6.97. The Hall–Kier alpha value is -3.40. The van der Waals surface area contributed by atoms with Crippen molar-refractivity contribution in [3.05, 3.63) is 59.9 Å². The van der Waals surface area contributed by atoms with Gasteiger partial charge in [-0.2, -0.15) is 18.3 Å². The van der Waals surface area contributed by atoms with Crippen LogP contribution in [0.5, 0.6) is 11.6 Å². The lowest BCUT2D eigenvalue weighted by atomic mass is 10.1. The third-order valence-electron chi connectivity index (χ3n) is 4.15. The fourth-order valence-corrected chi connectivity index (χ4v) is 2.58. The molecule has 1 aromatic carbocycles. The average Bonchev–Trinajstić information content (AvgIpc) is 3.14. The van der Waals surface area contributed by atoms with Gasteiger partial charge in [0.25, 0.3) is 5.91 Å². The number of alkyl halides is 3. The second-order valence-electron chi connectivity index (χ2n) is 6.63. The number of aromatic nitrogens is 3. The molecule has 158 valence electrons. The molecule has 10 heteroatoms. The molecule has 0 bridgehead atoms. The molecular formula is C20H19F3N4O3. The minimum absolute atomic E-state index is 0.0835. The highest BCUT2D eigenvalue weighted by atomic mass is 19.4. The van der Waals surface area contributed by atoms with Crippen molar-refractivity contribution in [2.75, 3.05) is 6.61 Å². The van der Waals surface area contributed by atoms with Crippen molar-refractivity contribution >= 4 is 5.91 Å². The summed E-state index contributed by atoms with van der Waals surface area (Å²) in [5.74, 6) is -0.207. The van der Waals surface area contributed by atoms with Gasteiger partial charge < -0.3 is 15.2 Å². The summed E-state index contributed by atoms with van der Waals surface area (Å²) in [4.78, 5) is 16.5. The van der Waals surface area contributed by atoms with E-state index in [2.05, 4.69) is 15.4 Å². The van der Waals surface area contributed by atoms with Gasteiger partial charge in [-0.1, -0.05) is 0 Å². The van der Waals surface area contributed by atoms with Gasteiger partial charge in [0.15, 0.2) is 0 Å². The molecule has 0 saturated heterocycles. The van der Waals surface area contributed by atoms with Crippen LogP contribution in [0.1, 0.15) is 22.8 Å². The standard InChI is InChI=1S/C20H19F3N4O3/c1-12(11-28)25-18(29)13-9-16(17-7-8-27(2)26-17)19(24-10-13)30-15-5-3-14(4-6-15)20(21,22)23/h3-10,12,28H,11H2,1-2H3,(H,25,29). The summed E-state index contributed by atoms with van der Waals surface area (Å²) in [5.41, 5.74) is 0.282. The SMILES string of the molecule is CC(CO)NC(=O)c1cnc(Oc2ccc(C(F)(F)F)cc2)c(-c2ccn(C)n2)c1. The molecule has 0 aliphatic carbocycles. The number of hydrogen-bond donors (Lipinski definition) is 2. The number of amides is 1. The zero-order valence-electron chi connectivity index (χ0n) is 16.1. The van der Waals surface area contributed by atoms with Gasteiger partial charge in [0.05, 0.1) is 29.0 Å². The molecule has 3 aromatic rings. The monoisotopic (exact) mass is 420 g/mol. The maximum atomic E-state index is 12.8. The minimum Gasteiger partial charge on any atom is -0.438 e. The van der Waals surface area contributed by atoms with Crippen molar-refractivity contribution in [2.45, 2.75) is 19.1 Å². The first kappa shape index (κ1) is 21.3. The first-order chi connectivity index (χ1) is 14.2. The lowest BCUT2D eigenvalue weighted by molar-refractivity contribution is -0.137. The Balaban J connectivity index is 1.94. The molecule has 1 atom stereocenters. The summed E-state index contributed by atoms with van der Waals surface area (Å²) in [5, 5.41) is 16.0. The van der Waals surface area contributed by atoms with E-state index in [1.165, 1.54) is 24.4 Å². The quantitative estimate of drug-likeness (QED) is 0.638. The molecule has 0 spiro atoms.